The van der Waals surface area contributed by atoms with Crippen molar-refractivity contribution in [1.29, 1.82) is 0 Å². The molecule has 10 heteroatoms. The number of halogens is 1. The van der Waals surface area contributed by atoms with Crippen LogP contribution in [0.5, 0.6) is 5.88 Å². The number of carbonyl (C=O) groups is 2. The Labute approximate surface area is 183 Å². The molecule has 160 valence electrons. The van der Waals surface area contributed by atoms with Gasteiger partial charge >= 0.3 is 5.97 Å². The number of amides is 1. The molecule has 0 aliphatic carbocycles. The quantitative estimate of drug-likeness (QED) is 0.647. The summed E-state index contributed by atoms with van der Waals surface area (Å²) in [6.07, 6.45) is 5.47. The van der Waals surface area contributed by atoms with Crippen molar-refractivity contribution < 1.29 is 19.4 Å². The molecule has 3 heterocycles. The Bertz CT molecular complexity index is 1100. The standard InChI is InChI=1S/C21H20ClN5O4/c1-13-6-7-14(31-19-18(22)16(21(29)30)8-9-23-19)12-26(13)20(28)15-4-2-3-5-17(15)27-24-10-11-25-27/h2-5,8-11,13-14H,6-7,12H2,1H3,(H,29,30)/t13-,14?/m1/s1. The maximum absolute atomic E-state index is 13.4. The number of piperidine rings is 1. The van der Waals surface area contributed by atoms with Crippen LogP contribution in [-0.4, -0.2) is 60.6 Å². The van der Waals surface area contributed by atoms with E-state index in [9.17, 15) is 14.7 Å². The van der Waals surface area contributed by atoms with E-state index in [2.05, 4.69) is 15.2 Å². The van der Waals surface area contributed by atoms with E-state index in [1.807, 2.05) is 13.0 Å². The van der Waals surface area contributed by atoms with E-state index in [1.54, 1.807) is 35.5 Å². The minimum atomic E-state index is -1.16. The van der Waals surface area contributed by atoms with Crippen LogP contribution in [0.3, 0.4) is 0 Å². The van der Waals surface area contributed by atoms with E-state index in [1.165, 1.54) is 17.1 Å². The van der Waals surface area contributed by atoms with Gasteiger partial charge in [-0.1, -0.05) is 23.7 Å². The third-order valence-corrected chi connectivity index (χ3v) is 5.60. The maximum Gasteiger partial charge on any atom is 0.337 e. The largest absolute Gasteiger partial charge is 0.478 e. The highest BCUT2D eigenvalue weighted by Gasteiger charge is 2.32. The number of carboxylic acids is 1. The molecule has 1 fully saturated rings. The maximum atomic E-state index is 13.4. The summed E-state index contributed by atoms with van der Waals surface area (Å²) < 4.78 is 5.91. The Balaban J connectivity index is 1.56. The lowest BCUT2D eigenvalue weighted by atomic mass is 9.99. The summed E-state index contributed by atoms with van der Waals surface area (Å²) >= 11 is 6.16. The average molecular weight is 442 g/mol. The summed E-state index contributed by atoms with van der Waals surface area (Å²) in [5.41, 5.74) is 0.992. The molecule has 1 unspecified atom stereocenters. The van der Waals surface area contributed by atoms with E-state index in [-0.39, 0.29) is 34.5 Å². The molecular formula is C21H20ClN5O4. The first-order valence-electron chi connectivity index (χ1n) is 9.77. The van der Waals surface area contributed by atoms with Crippen LogP contribution in [0, 0.1) is 0 Å². The highest BCUT2D eigenvalue weighted by Crippen LogP contribution is 2.30. The fourth-order valence-electron chi connectivity index (χ4n) is 3.61. The van der Waals surface area contributed by atoms with Crippen LogP contribution in [0.15, 0.2) is 48.9 Å². The molecule has 1 aliphatic rings. The Morgan fingerprint density at radius 1 is 1.10 bits per heavy atom. The number of ether oxygens (including phenoxy) is 1. The highest BCUT2D eigenvalue weighted by atomic mass is 35.5. The summed E-state index contributed by atoms with van der Waals surface area (Å²) in [7, 11) is 0. The monoisotopic (exact) mass is 441 g/mol. The topological polar surface area (TPSA) is 110 Å². The van der Waals surface area contributed by atoms with Gasteiger partial charge in [-0.05, 0) is 38.0 Å². The van der Waals surface area contributed by atoms with Gasteiger partial charge in [-0.15, -0.1) is 0 Å². The number of aromatic carboxylic acids is 1. The lowest BCUT2D eigenvalue weighted by molar-refractivity contribution is 0.0372. The first kappa shape index (κ1) is 20.8. The van der Waals surface area contributed by atoms with Crippen molar-refractivity contribution in [3.63, 3.8) is 0 Å². The summed E-state index contributed by atoms with van der Waals surface area (Å²) in [4.78, 5) is 31.9. The van der Waals surface area contributed by atoms with E-state index < -0.39 is 5.97 Å². The third-order valence-electron chi connectivity index (χ3n) is 5.23. The van der Waals surface area contributed by atoms with Gasteiger partial charge in [0.25, 0.3) is 5.91 Å². The number of carbonyl (C=O) groups excluding carboxylic acids is 1. The van der Waals surface area contributed by atoms with Crippen molar-refractivity contribution in [3.05, 3.63) is 65.1 Å². The van der Waals surface area contributed by atoms with Crippen molar-refractivity contribution in [1.82, 2.24) is 24.9 Å². The van der Waals surface area contributed by atoms with Crippen LogP contribution < -0.4 is 4.74 Å². The summed E-state index contributed by atoms with van der Waals surface area (Å²) in [6.45, 7) is 2.30. The van der Waals surface area contributed by atoms with Gasteiger partial charge in [-0.3, -0.25) is 4.79 Å². The predicted molar refractivity (Wildman–Crippen MR) is 112 cm³/mol. The number of hydrogen-bond donors (Lipinski definition) is 1. The molecule has 4 rings (SSSR count). The Morgan fingerprint density at radius 2 is 1.84 bits per heavy atom. The zero-order valence-corrected chi connectivity index (χ0v) is 17.4. The molecule has 2 aromatic heterocycles. The van der Waals surface area contributed by atoms with Gasteiger partial charge in [-0.25, -0.2) is 9.78 Å². The number of likely N-dealkylation sites (tertiary alicyclic amines) is 1. The summed E-state index contributed by atoms with van der Waals surface area (Å²) in [5.74, 6) is -1.27. The number of nitrogens with zero attached hydrogens (tertiary/aromatic N) is 5. The van der Waals surface area contributed by atoms with Gasteiger partial charge in [0.05, 0.1) is 35.8 Å². The number of aromatic nitrogens is 4. The molecule has 0 bridgehead atoms. The number of hydrogen-bond acceptors (Lipinski definition) is 6. The first-order valence-corrected chi connectivity index (χ1v) is 10.1. The fourth-order valence-corrected chi connectivity index (χ4v) is 3.84. The molecule has 1 N–H and O–H groups in total. The molecule has 1 amide bonds. The lowest BCUT2D eigenvalue weighted by Gasteiger charge is -2.38. The van der Waals surface area contributed by atoms with Crippen LogP contribution in [0.2, 0.25) is 5.02 Å². The second kappa shape index (κ2) is 8.73. The second-order valence-corrected chi connectivity index (χ2v) is 7.62. The molecule has 1 saturated heterocycles. The molecule has 0 spiro atoms. The number of rotatable bonds is 5. The smallest absolute Gasteiger partial charge is 0.337 e. The Morgan fingerprint density at radius 3 is 2.58 bits per heavy atom. The number of para-hydroxylation sites is 1. The summed E-state index contributed by atoms with van der Waals surface area (Å²) in [6, 6.07) is 8.47. The van der Waals surface area contributed by atoms with Gasteiger partial charge in [0.2, 0.25) is 5.88 Å². The van der Waals surface area contributed by atoms with Crippen LogP contribution >= 0.6 is 11.6 Å². The van der Waals surface area contributed by atoms with Crippen molar-refractivity contribution in [3.8, 4) is 11.6 Å². The van der Waals surface area contributed by atoms with E-state index in [0.717, 1.165) is 6.42 Å². The van der Waals surface area contributed by atoms with Crippen LogP contribution in [0.1, 0.15) is 40.5 Å². The van der Waals surface area contributed by atoms with Gasteiger partial charge in [0.15, 0.2) is 0 Å². The van der Waals surface area contributed by atoms with Crippen molar-refractivity contribution in [2.45, 2.75) is 31.9 Å². The van der Waals surface area contributed by atoms with Gasteiger partial charge < -0.3 is 14.7 Å². The Kier molecular flexibility index (Phi) is 5.85. The van der Waals surface area contributed by atoms with Crippen LogP contribution in [0.4, 0.5) is 0 Å². The minimum absolute atomic E-state index is 0.000211. The van der Waals surface area contributed by atoms with E-state index >= 15 is 0 Å². The summed E-state index contributed by atoms with van der Waals surface area (Å²) in [5, 5.41) is 17.5. The van der Waals surface area contributed by atoms with Gasteiger partial charge in [0.1, 0.15) is 11.1 Å². The fraction of sp³-hybridized carbons (Fsp3) is 0.286. The molecular weight excluding hydrogens is 422 g/mol. The SMILES string of the molecule is C[C@@H]1CCC(Oc2nccc(C(=O)O)c2Cl)CN1C(=O)c1ccccc1-n1nccn1. The van der Waals surface area contributed by atoms with Crippen molar-refractivity contribution >= 4 is 23.5 Å². The second-order valence-electron chi connectivity index (χ2n) is 7.24. The molecule has 1 aliphatic heterocycles. The number of pyridine rings is 1. The number of benzene rings is 1. The van der Waals surface area contributed by atoms with Crippen LogP contribution in [0.25, 0.3) is 5.69 Å². The van der Waals surface area contributed by atoms with Crippen LogP contribution in [-0.2, 0) is 0 Å². The van der Waals surface area contributed by atoms with Crippen molar-refractivity contribution in [2.75, 3.05) is 6.54 Å². The van der Waals surface area contributed by atoms with Gasteiger partial charge in [-0.2, -0.15) is 15.0 Å². The molecule has 31 heavy (non-hydrogen) atoms. The molecule has 3 aromatic rings. The van der Waals surface area contributed by atoms with E-state index in [0.29, 0.717) is 24.2 Å². The molecule has 0 radical (unpaired) electrons. The first-order chi connectivity index (χ1) is 15.0. The Hall–Kier alpha value is -3.46. The molecule has 9 nitrogen and oxygen atoms in total. The zero-order chi connectivity index (χ0) is 22.0. The highest BCUT2D eigenvalue weighted by molar-refractivity contribution is 6.34. The van der Waals surface area contributed by atoms with Crippen molar-refractivity contribution in [2.24, 2.45) is 0 Å². The molecule has 0 saturated carbocycles. The molecule has 2 atom stereocenters. The van der Waals surface area contributed by atoms with Gasteiger partial charge in [0, 0.05) is 12.2 Å². The van der Waals surface area contributed by atoms with E-state index in [4.69, 9.17) is 16.3 Å². The zero-order valence-electron chi connectivity index (χ0n) is 16.7. The molecule has 1 aromatic carbocycles. The average Bonchev–Trinajstić information content (AvgIpc) is 3.30. The number of carboxylic acid groups (broad SMARTS) is 1. The lowest BCUT2D eigenvalue weighted by Crippen LogP contribution is -2.49. The normalized spacial score (nSPS) is 18.6. The predicted octanol–water partition coefficient (Wildman–Crippen LogP) is 3.09. The minimum Gasteiger partial charge on any atom is -0.478 e. The third kappa shape index (κ3) is 4.22.